The second-order valence-corrected chi connectivity index (χ2v) is 4.81. The van der Waals surface area contributed by atoms with Crippen LogP contribution in [0.5, 0.6) is 0 Å². The molecular formula is C13H21N3. The minimum absolute atomic E-state index is 0.215. The van der Waals surface area contributed by atoms with E-state index in [2.05, 4.69) is 49.0 Å². The molecule has 0 radical (unpaired) electrons. The number of hydrogen-bond acceptors (Lipinski definition) is 3. The van der Waals surface area contributed by atoms with Gasteiger partial charge in [-0.25, -0.2) is 0 Å². The average Bonchev–Trinajstić information content (AvgIpc) is 2.23. The van der Waals surface area contributed by atoms with Gasteiger partial charge in [-0.15, -0.1) is 0 Å². The summed E-state index contributed by atoms with van der Waals surface area (Å²) in [4.78, 5) is 4.66. The van der Waals surface area contributed by atoms with E-state index >= 15 is 0 Å². The molecule has 1 aliphatic rings. The molecule has 1 unspecified atom stereocenters. The lowest BCUT2D eigenvalue weighted by atomic mass is 10.0. The molecule has 1 aromatic carbocycles. The zero-order valence-electron chi connectivity index (χ0n) is 10.4. The first-order valence-electron chi connectivity index (χ1n) is 5.89. The van der Waals surface area contributed by atoms with Gasteiger partial charge in [0.15, 0.2) is 0 Å². The molecule has 2 N–H and O–H groups in total. The third-order valence-corrected chi connectivity index (χ3v) is 3.20. The Balaban J connectivity index is 2.43. The van der Waals surface area contributed by atoms with E-state index in [0.717, 1.165) is 19.5 Å². The zero-order valence-corrected chi connectivity index (χ0v) is 10.4. The summed E-state index contributed by atoms with van der Waals surface area (Å²) in [7, 11) is 4.32. The van der Waals surface area contributed by atoms with Crippen LogP contribution in [0.2, 0.25) is 0 Å². The lowest BCUT2D eigenvalue weighted by Crippen LogP contribution is -2.37. The monoisotopic (exact) mass is 219 g/mol. The molecule has 0 spiro atoms. The first-order chi connectivity index (χ1) is 7.59. The minimum atomic E-state index is 0.215. The smallest absolute Gasteiger partial charge is 0.0635 e. The van der Waals surface area contributed by atoms with E-state index in [4.69, 9.17) is 5.73 Å². The molecule has 1 aromatic rings. The summed E-state index contributed by atoms with van der Waals surface area (Å²) >= 11 is 0. The van der Waals surface area contributed by atoms with E-state index in [1.54, 1.807) is 0 Å². The number of nitrogens with zero attached hydrogens (tertiary/aromatic N) is 2. The van der Waals surface area contributed by atoms with E-state index < -0.39 is 0 Å². The van der Waals surface area contributed by atoms with Crippen LogP contribution in [0.15, 0.2) is 18.2 Å². The van der Waals surface area contributed by atoms with Crippen molar-refractivity contribution in [3.63, 3.8) is 0 Å². The molecule has 3 nitrogen and oxygen atoms in total. The maximum Gasteiger partial charge on any atom is 0.0635 e. The second-order valence-electron chi connectivity index (χ2n) is 4.81. The summed E-state index contributed by atoms with van der Waals surface area (Å²) in [6.07, 6.45) is 0.946. The summed E-state index contributed by atoms with van der Waals surface area (Å²) in [5, 5.41) is 0. The normalized spacial score (nSPS) is 17.2. The van der Waals surface area contributed by atoms with Gasteiger partial charge < -0.3 is 15.5 Å². The highest BCUT2D eigenvalue weighted by atomic mass is 15.2. The Hall–Kier alpha value is -1.22. The van der Waals surface area contributed by atoms with Gasteiger partial charge in [0, 0.05) is 33.2 Å². The topological polar surface area (TPSA) is 32.5 Å². The van der Waals surface area contributed by atoms with Crippen LogP contribution in [-0.4, -0.2) is 33.2 Å². The van der Waals surface area contributed by atoms with Gasteiger partial charge in [-0.05, 0) is 25.0 Å². The average molecular weight is 219 g/mol. The molecule has 0 saturated carbocycles. The number of likely N-dealkylation sites (N-methyl/N-ethyl adjacent to an activating group) is 2. The molecule has 88 valence electrons. The summed E-state index contributed by atoms with van der Waals surface area (Å²) in [6.45, 7) is 4.23. The standard InChI is InChI=1S/C13H21N3/c1-10(14)9-11-5-4-6-12-13(11)16(3)8-7-15(12)2/h4-6,10H,7-9,14H2,1-3H3. The lowest BCUT2D eigenvalue weighted by Gasteiger charge is -2.36. The Bertz CT molecular complexity index is 373. The third kappa shape index (κ3) is 2.00. The fourth-order valence-corrected chi connectivity index (χ4v) is 2.37. The molecule has 16 heavy (non-hydrogen) atoms. The third-order valence-electron chi connectivity index (χ3n) is 3.20. The lowest BCUT2D eigenvalue weighted by molar-refractivity contribution is 0.726. The largest absolute Gasteiger partial charge is 0.371 e. The summed E-state index contributed by atoms with van der Waals surface area (Å²) in [5.74, 6) is 0. The van der Waals surface area contributed by atoms with Crippen molar-refractivity contribution < 1.29 is 0 Å². The van der Waals surface area contributed by atoms with Crippen molar-refractivity contribution in [2.75, 3.05) is 37.0 Å². The number of fused-ring (bicyclic) bond motifs is 1. The maximum atomic E-state index is 5.91. The Morgan fingerprint density at radius 1 is 1.25 bits per heavy atom. The number of nitrogens with two attached hydrogens (primary N) is 1. The molecular weight excluding hydrogens is 198 g/mol. The van der Waals surface area contributed by atoms with Gasteiger partial charge >= 0.3 is 0 Å². The van der Waals surface area contributed by atoms with Crippen LogP contribution in [-0.2, 0) is 6.42 Å². The number of hydrogen-bond donors (Lipinski definition) is 1. The quantitative estimate of drug-likeness (QED) is 0.817. The van der Waals surface area contributed by atoms with Crippen LogP contribution in [0, 0.1) is 0 Å². The number of para-hydroxylation sites is 1. The van der Waals surface area contributed by atoms with E-state index in [1.165, 1.54) is 16.9 Å². The van der Waals surface area contributed by atoms with Crippen molar-refractivity contribution in [2.24, 2.45) is 5.73 Å². The van der Waals surface area contributed by atoms with Gasteiger partial charge in [-0.1, -0.05) is 12.1 Å². The van der Waals surface area contributed by atoms with E-state index in [-0.39, 0.29) is 6.04 Å². The maximum absolute atomic E-state index is 5.91. The van der Waals surface area contributed by atoms with Crippen LogP contribution >= 0.6 is 0 Å². The molecule has 2 rings (SSSR count). The predicted molar refractivity (Wildman–Crippen MR) is 70.3 cm³/mol. The zero-order chi connectivity index (χ0) is 11.7. The van der Waals surface area contributed by atoms with E-state index in [0.29, 0.717) is 0 Å². The van der Waals surface area contributed by atoms with Crippen molar-refractivity contribution >= 4 is 11.4 Å². The fraction of sp³-hybridized carbons (Fsp3) is 0.538. The molecule has 0 bridgehead atoms. The highest BCUT2D eigenvalue weighted by Gasteiger charge is 2.20. The van der Waals surface area contributed by atoms with Crippen LogP contribution < -0.4 is 15.5 Å². The fourth-order valence-electron chi connectivity index (χ4n) is 2.37. The van der Waals surface area contributed by atoms with Gasteiger partial charge in [-0.3, -0.25) is 0 Å². The van der Waals surface area contributed by atoms with Crippen molar-refractivity contribution in [1.82, 2.24) is 0 Å². The molecule has 0 aromatic heterocycles. The molecule has 0 amide bonds. The van der Waals surface area contributed by atoms with Gasteiger partial charge in [0.2, 0.25) is 0 Å². The van der Waals surface area contributed by atoms with Crippen molar-refractivity contribution in [1.29, 1.82) is 0 Å². The Labute approximate surface area is 97.8 Å². The van der Waals surface area contributed by atoms with Gasteiger partial charge in [0.25, 0.3) is 0 Å². The first kappa shape index (κ1) is 11.3. The second kappa shape index (κ2) is 4.34. The highest BCUT2D eigenvalue weighted by molar-refractivity contribution is 5.76. The minimum Gasteiger partial charge on any atom is -0.371 e. The first-order valence-corrected chi connectivity index (χ1v) is 5.89. The summed E-state index contributed by atoms with van der Waals surface area (Å²) in [6, 6.07) is 6.73. The number of rotatable bonds is 2. The number of anilines is 2. The Kier molecular flexibility index (Phi) is 3.06. The predicted octanol–water partition coefficient (Wildman–Crippen LogP) is 1.46. The summed E-state index contributed by atoms with van der Waals surface area (Å²) < 4.78 is 0. The molecule has 0 saturated heterocycles. The van der Waals surface area contributed by atoms with Gasteiger partial charge in [-0.2, -0.15) is 0 Å². The van der Waals surface area contributed by atoms with Crippen LogP contribution in [0.25, 0.3) is 0 Å². The molecule has 1 heterocycles. The van der Waals surface area contributed by atoms with E-state index in [9.17, 15) is 0 Å². The molecule has 0 fully saturated rings. The van der Waals surface area contributed by atoms with E-state index in [1.807, 2.05) is 0 Å². The van der Waals surface area contributed by atoms with Crippen molar-refractivity contribution in [3.8, 4) is 0 Å². The molecule has 1 aliphatic heterocycles. The molecule has 3 heteroatoms. The number of benzene rings is 1. The summed E-state index contributed by atoms with van der Waals surface area (Å²) in [5.41, 5.74) is 9.95. The van der Waals surface area contributed by atoms with Crippen molar-refractivity contribution in [3.05, 3.63) is 23.8 Å². The van der Waals surface area contributed by atoms with Crippen LogP contribution in [0.3, 0.4) is 0 Å². The van der Waals surface area contributed by atoms with Crippen molar-refractivity contribution in [2.45, 2.75) is 19.4 Å². The van der Waals surface area contributed by atoms with Crippen LogP contribution in [0.1, 0.15) is 12.5 Å². The Morgan fingerprint density at radius 3 is 2.62 bits per heavy atom. The molecule has 1 atom stereocenters. The van der Waals surface area contributed by atoms with Crippen LogP contribution in [0.4, 0.5) is 11.4 Å². The van der Waals surface area contributed by atoms with Gasteiger partial charge in [0.1, 0.15) is 0 Å². The SMILES string of the molecule is CC(N)Cc1cccc2c1N(C)CCN2C. The molecule has 0 aliphatic carbocycles. The Morgan fingerprint density at radius 2 is 1.94 bits per heavy atom. The highest BCUT2D eigenvalue weighted by Crippen LogP contribution is 2.35. The van der Waals surface area contributed by atoms with Gasteiger partial charge in [0.05, 0.1) is 11.4 Å².